The summed E-state index contributed by atoms with van der Waals surface area (Å²) in [6, 6.07) is 0. The summed E-state index contributed by atoms with van der Waals surface area (Å²) in [5, 5.41) is 9.71. The fraction of sp³-hybridized carbons (Fsp3) is 0.792. The van der Waals surface area contributed by atoms with Crippen molar-refractivity contribution < 1.29 is 24.2 Å². The van der Waals surface area contributed by atoms with E-state index in [1.54, 1.807) is 0 Å². The minimum Gasteiger partial charge on any atom is -0.462 e. The zero-order valence-corrected chi connectivity index (χ0v) is 54.8. The molecule has 0 radical (unpaired) electrons. The van der Waals surface area contributed by atoms with Gasteiger partial charge >= 0.3 is 11.9 Å². The highest BCUT2D eigenvalue weighted by atomic mass is 16.6. The van der Waals surface area contributed by atoms with E-state index in [0.717, 1.165) is 77.0 Å². The van der Waals surface area contributed by atoms with Gasteiger partial charge in [0.05, 0.1) is 6.61 Å². The van der Waals surface area contributed by atoms with E-state index in [1.807, 2.05) is 0 Å². The Bertz CT molecular complexity index is 1480. The first-order valence-corrected chi connectivity index (χ1v) is 36.1. The third kappa shape index (κ3) is 69.6. The average Bonchev–Trinajstić information content (AvgIpc) is 3.49. The summed E-state index contributed by atoms with van der Waals surface area (Å²) in [5.74, 6) is -0.575. The van der Waals surface area contributed by atoms with Crippen LogP contribution in [0.25, 0.3) is 0 Å². The van der Waals surface area contributed by atoms with Crippen molar-refractivity contribution in [2.75, 3.05) is 13.2 Å². The van der Waals surface area contributed by atoms with Gasteiger partial charge in [-0.25, -0.2) is 0 Å². The molecule has 0 aliphatic carbocycles. The van der Waals surface area contributed by atoms with Crippen molar-refractivity contribution in [3.8, 4) is 0 Å². The molecule has 82 heavy (non-hydrogen) atoms. The third-order valence-corrected chi connectivity index (χ3v) is 16.2. The fourth-order valence-corrected chi connectivity index (χ4v) is 10.8. The van der Waals surface area contributed by atoms with Gasteiger partial charge in [-0.05, 0) is 89.9 Å². The van der Waals surface area contributed by atoms with Gasteiger partial charge in [0, 0.05) is 12.8 Å². The predicted molar refractivity (Wildman–Crippen MR) is 362 cm³/mol. The van der Waals surface area contributed by atoms with Crippen LogP contribution < -0.4 is 0 Å². The van der Waals surface area contributed by atoms with Crippen LogP contribution in [0.4, 0.5) is 0 Å². The molecule has 0 aliphatic heterocycles. The largest absolute Gasteiger partial charge is 0.462 e. The Morgan fingerprint density at radius 3 is 0.793 bits per heavy atom. The van der Waals surface area contributed by atoms with Crippen LogP contribution in [0, 0.1) is 0 Å². The zero-order chi connectivity index (χ0) is 59.1. The van der Waals surface area contributed by atoms with Crippen LogP contribution in [-0.4, -0.2) is 36.4 Å². The molecule has 476 valence electrons. The van der Waals surface area contributed by atoms with Gasteiger partial charge in [0.1, 0.15) is 6.61 Å². The number of unbranched alkanes of at least 4 members (excludes halogenated alkanes) is 45. The molecule has 0 bridgehead atoms. The fourth-order valence-electron chi connectivity index (χ4n) is 10.8. The van der Waals surface area contributed by atoms with E-state index in [2.05, 4.69) is 98.9 Å². The second kappa shape index (κ2) is 72.3. The number of carbonyl (C=O) groups excluding carboxylic acids is 2. The molecule has 0 rings (SSSR count). The van der Waals surface area contributed by atoms with Gasteiger partial charge in [0.25, 0.3) is 0 Å². The molecular formula is C77H138O5. The molecule has 0 heterocycles. The molecule has 0 aromatic rings. The molecular weight excluding hydrogens is 1000 g/mol. The normalized spacial score (nSPS) is 12.7. The van der Waals surface area contributed by atoms with Gasteiger partial charge in [-0.1, -0.05) is 356 Å². The number of hydrogen-bond donors (Lipinski definition) is 1. The lowest BCUT2D eigenvalue weighted by atomic mass is 10.0. The van der Waals surface area contributed by atoms with Crippen molar-refractivity contribution in [3.63, 3.8) is 0 Å². The molecule has 0 spiro atoms. The average molecular weight is 1140 g/mol. The Balaban J connectivity index is 3.40. The molecule has 5 nitrogen and oxygen atoms in total. The topological polar surface area (TPSA) is 72.8 Å². The third-order valence-electron chi connectivity index (χ3n) is 16.2. The van der Waals surface area contributed by atoms with E-state index in [9.17, 15) is 14.7 Å². The van der Waals surface area contributed by atoms with Crippen molar-refractivity contribution in [2.24, 2.45) is 0 Å². The van der Waals surface area contributed by atoms with Crippen molar-refractivity contribution in [3.05, 3.63) is 85.1 Å². The summed E-state index contributed by atoms with van der Waals surface area (Å²) in [6.07, 6.45) is 102. The van der Waals surface area contributed by atoms with Gasteiger partial charge in [-0.15, -0.1) is 0 Å². The van der Waals surface area contributed by atoms with Gasteiger partial charge in [0.15, 0.2) is 6.10 Å². The molecule has 1 N–H and O–H groups in total. The molecule has 0 aromatic heterocycles. The lowest BCUT2D eigenvalue weighted by Crippen LogP contribution is -2.28. The SMILES string of the molecule is CC/C=C\C/C=C\C/C=C\C/C=C\CCCCCCCCCCCCCCCCCCCCCCCCCCCCCCC(=O)OC(CO)COC(=O)CCCCCCCCCCCCCC/C=C\C/C=C\C/C=C\CCCCCCC. The highest BCUT2D eigenvalue weighted by Crippen LogP contribution is 2.19. The predicted octanol–water partition coefficient (Wildman–Crippen LogP) is 25.2. The van der Waals surface area contributed by atoms with E-state index >= 15 is 0 Å². The number of carbonyl (C=O) groups is 2. The highest BCUT2D eigenvalue weighted by Gasteiger charge is 2.16. The minimum atomic E-state index is -0.775. The first-order valence-electron chi connectivity index (χ1n) is 36.1. The monoisotopic (exact) mass is 1140 g/mol. The second-order valence-electron chi connectivity index (χ2n) is 24.3. The number of rotatable bonds is 67. The maximum absolute atomic E-state index is 12.4. The quantitative estimate of drug-likeness (QED) is 0.0373. The molecule has 0 aliphatic rings. The molecule has 1 atom stereocenters. The molecule has 0 amide bonds. The maximum atomic E-state index is 12.4. The molecule has 0 saturated heterocycles. The number of aliphatic hydroxyl groups is 1. The molecule has 0 saturated carbocycles. The molecule has 1 unspecified atom stereocenters. The van der Waals surface area contributed by atoms with E-state index in [4.69, 9.17) is 9.47 Å². The van der Waals surface area contributed by atoms with Gasteiger partial charge in [0.2, 0.25) is 0 Å². The van der Waals surface area contributed by atoms with Gasteiger partial charge < -0.3 is 14.6 Å². The highest BCUT2D eigenvalue weighted by molar-refractivity contribution is 5.70. The van der Waals surface area contributed by atoms with Gasteiger partial charge in [-0.3, -0.25) is 9.59 Å². The van der Waals surface area contributed by atoms with Crippen LogP contribution in [0.2, 0.25) is 0 Å². The number of hydrogen-bond acceptors (Lipinski definition) is 5. The van der Waals surface area contributed by atoms with E-state index < -0.39 is 6.10 Å². The minimum absolute atomic E-state index is 0.0645. The number of esters is 2. The van der Waals surface area contributed by atoms with Crippen LogP contribution in [-0.2, 0) is 19.1 Å². The number of allylic oxidation sites excluding steroid dienone is 14. The van der Waals surface area contributed by atoms with E-state index in [-0.39, 0.29) is 25.2 Å². The summed E-state index contributed by atoms with van der Waals surface area (Å²) < 4.78 is 10.8. The van der Waals surface area contributed by atoms with Crippen LogP contribution >= 0.6 is 0 Å². The lowest BCUT2D eigenvalue weighted by Gasteiger charge is -2.15. The van der Waals surface area contributed by atoms with Crippen LogP contribution in [0.15, 0.2) is 85.1 Å². The maximum Gasteiger partial charge on any atom is 0.306 e. The Morgan fingerprint density at radius 1 is 0.293 bits per heavy atom. The number of aliphatic hydroxyl groups excluding tert-OH is 1. The molecule has 0 fully saturated rings. The zero-order valence-electron chi connectivity index (χ0n) is 54.8. The Hall–Kier alpha value is -2.92. The van der Waals surface area contributed by atoms with Crippen LogP contribution in [0.1, 0.15) is 373 Å². The Morgan fingerprint density at radius 2 is 0.524 bits per heavy atom. The Labute approximate surface area is 511 Å². The second-order valence-corrected chi connectivity index (χ2v) is 24.3. The van der Waals surface area contributed by atoms with Crippen molar-refractivity contribution in [2.45, 2.75) is 380 Å². The summed E-state index contributed by atoms with van der Waals surface area (Å²) in [5.41, 5.74) is 0. The smallest absolute Gasteiger partial charge is 0.306 e. The molecule has 0 aromatic carbocycles. The first-order chi connectivity index (χ1) is 40.6. The summed E-state index contributed by atoms with van der Waals surface area (Å²) in [4.78, 5) is 24.7. The van der Waals surface area contributed by atoms with E-state index in [0.29, 0.717) is 12.8 Å². The van der Waals surface area contributed by atoms with Crippen molar-refractivity contribution in [1.29, 1.82) is 0 Å². The van der Waals surface area contributed by atoms with Crippen LogP contribution in [0.3, 0.4) is 0 Å². The van der Waals surface area contributed by atoms with Crippen LogP contribution in [0.5, 0.6) is 0 Å². The number of ether oxygens (including phenoxy) is 2. The van der Waals surface area contributed by atoms with Gasteiger partial charge in [-0.2, -0.15) is 0 Å². The lowest BCUT2D eigenvalue weighted by molar-refractivity contribution is -0.161. The molecule has 5 heteroatoms. The summed E-state index contributed by atoms with van der Waals surface area (Å²) >= 11 is 0. The Kier molecular flexibility index (Phi) is 69.8. The standard InChI is InChI=1S/C77H138O5/c1-3-5-7-9-11-13-15-17-19-21-23-25-27-29-31-32-33-34-35-36-37-38-39-40-41-42-43-44-46-48-50-52-54-56-58-60-62-64-66-68-70-72-77(80)82-75(73-78)74-81-76(79)71-69-67-65-63-61-59-57-55-53-51-49-47-45-30-28-26-24-22-20-18-16-14-12-10-8-6-4-2/h5,7,11,13,16-19,22-25,28,30,75,78H,3-4,6,8-10,12,14-15,20-21,26-27,29,31-74H2,1-2H3/b7-5-,13-11-,18-16-,19-17-,24-22-,25-23-,30-28-. The van der Waals surface area contributed by atoms with Crippen molar-refractivity contribution >= 4 is 11.9 Å². The van der Waals surface area contributed by atoms with Crippen molar-refractivity contribution in [1.82, 2.24) is 0 Å². The summed E-state index contributed by atoms with van der Waals surface area (Å²) in [7, 11) is 0. The van der Waals surface area contributed by atoms with E-state index in [1.165, 1.54) is 270 Å². The summed E-state index contributed by atoms with van der Waals surface area (Å²) in [6.45, 7) is 4.06. The first kappa shape index (κ1) is 79.1.